The van der Waals surface area contributed by atoms with Gasteiger partial charge in [0, 0.05) is 5.56 Å². The highest BCUT2D eigenvalue weighted by molar-refractivity contribution is 6.01. The SMILES string of the molecule is CCc1cc(O)c(O)c(CC)c1NC(=O)NC(N(C)C)=[N+](C)C. The predicted octanol–water partition coefficient (Wildman–Crippen LogP) is 1.53. The summed E-state index contributed by atoms with van der Waals surface area (Å²) in [6.45, 7) is 3.78. The van der Waals surface area contributed by atoms with E-state index >= 15 is 0 Å². The van der Waals surface area contributed by atoms with Crippen LogP contribution in [0.3, 0.4) is 0 Å². The first-order valence-electron chi connectivity index (χ1n) is 7.59. The van der Waals surface area contributed by atoms with Gasteiger partial charge in [-0.2, -0.15) is 5.32 Å². The number of phenolic OH excluding ortho intramolecular Hbond substituents is 2. The number of aryl methyl sites for hydroxylation is 1. The summed E-state index contributed by atoms with van der Waals surface area (Å²) < 4.78 is 1.79. The first-order chi connectivity index (χ1) is 10.7. The fourth-order valence-electron chi connectivity index (χ4n) is 2.42. The lowest BCUT2D eigenvalue weighted by Crippen LogP contribution is -2.46. The number of aromatic hydroxyl groups is 2. The third-order valence-electron chi connectivity index (χ3n) is 3.51. The highest BCUT2D eigenvalue weighted by Crippen LogP contribution is 2.38. The molecule has 0 fully saturated rings. The summed E-state index contributed by atoms with van der Waals surface area (Å²) in [7, 11) is 7.32. The number of phenols is 2. The van der Waals surface area contributed by atoms with Gasteiger partial charge in [0.15, 0.2) is 11.5 Å². The number of urea groups is 1. The van der Waals surface area contributed by atoms with E-state index in [1.807, 2.05) is 42.0 Å². The van der Waals surface area contributed by atoms with Crippen LogP contribution in [0.2, 0.25) is 0 Å². The summed E-state index contributed by atoms with van der Waals surface area (Å²) in [5.74, 6) is 0.268. The largest absolute Gasteiger partial charge is 0.504 e. The number of benzene rings is 1. The number of hydrogen-bond donors (Lipinski definition) is 4. The van der Waals surface area contributed by atoms with Gasteiger partial charge in [0.05, 0.1) is 33.9 Å². The maximum Gasteiger partial charge on any atom is 0.384 e. The van der Waals surface area contributed by atoms with E-state index in [2.05, 4.69) is 10.6 Å². The molecule has 0 atom stereocenters. The van der Waals surface area contributed by atoms with E-state index in [0.29, 0.717) is 30.1 Å². The molecule has 23 heavy (non-hydrogen) atoms. The van der Waals surface area contributed by atoms with Gasteiger partial charge in [-0.3, -0.25) is 14.8 Å². The minimum atomic E-state index is -0.406. The Morgan fingerprint density at radius 2 is 1.83 bits per heavy atom. The van der Waals surface area contributed by atoms with Crippen LogP contribution in [0.5, 0.6) is 11.5 Å². The number of anilines is 1. The third kappa shape index (κ3) is 4.28. The second kappa shape index (κ2) is 7.71. The van der Waals surface area contributed by atoms with Crippen LogP contribution in [-0.2, 0) is 12.8 Å². The average molecular weight is 323 g/mol. The van der Waals surface area contributed by atoms with Gasteiger partial charge in [-0.25, -0.2) is 4.79 Å². The van der Waals surface area contributed by atoms with Crippen molar-refractivity contribution in [2.75, 3.05) is 33.5 Å². The smallest absolute Gasteiger partial charge is 0.384 e. The molecule has 0 heterocycles. The predicted molar refractivity (Wildman–Crippen MR) is 91.5 cm³/mol. The third-order valence-corrected chi connectivity index (χ3v) is 3.51. The Labute approximate surface area is 137 Å². The van der Waals surface area contributed by atoms with Crippen molar-refractivity contribution in [1.29, 1.82) is 0 Å². The fraction of sp³-hybridized carbons (Fsp3) is 0.500. The molecule has 128 valence electrons. The Morgan fingerprint density at radius 1 is 1.22 bits per heavy atom. The fourth-order valence-corrected chi connectivity index (χ4v) is 2.42. The van der Waals surface area contributed by atoms with Crippen molar-refractivity contribution in [3.8, 4) is 11.5 Å². The van der Waals surface area contributed by atoms with Crippen molar-refractivity contribution in [3.63, 3.8) is 0 Å². The maximum absolute atomic E-state index is 12.3. The molecule has 7 nitrogen and oxygen atoms in total. The highest BCUT2D eigenvalue weighted by atomic mass is 16.3. The second-order valence-corrected chi connectivity index (χ2v) is 5.66. The Hall–Kier alpha value is -2.44. The van der Waals surface area contributed by atoms with Gasteiger partial charge in [-0.15, -0.1) is 0 Å². The molecule has 1 aromatic carbocycles. The van der Waals surface area contributed by atoms with E-state index in [1.165, 1.54) is 6.07 Å². The molecular weight excluding hydrogens is 296 g/mol. The molecule has 0 radical (unpaired) electrons. The van der Waals surface area contributed by atoms with E-state index in [1.54, 1.807) is 9.48 Å². The van der Waals surface area contributed by atoms with Gasteiger partial charge >= 0.3 is 12.0 Å². The van der Waals surface area contributed by atoms with Crippen LogP contribution in [0.25, 0.3) is 0 Å². The van der Waals surface area contributed by atoms with Crippen LogP contribution in [0.1, 0.15) is 25.0 Å². The Bertz CT molecular complexity index is 620. The zero-order valence-electron chi connectivity index (χ0n) is 14.7. The summed E-state index contributed by atoms with van der Waals surface area (Å²) in [5, 5.41) is 25.4. The highest BCUT2D eigenvalue weighted by Gasteiger charge is 2.21. The molecular formula is C16H27N4O3+. The molecule has 0 saturated heterocycles. The van der Waals surface area contributed by atoms with Gasteiger partial charge in [0.1, 0.15) is 0 Å². The van der Waals surface area contributed by atoms with Crippen LogP contribution in [-0.4, -0.2) is 59.9 Å². The molecule has 0 unspecified atom stereocenters. The molecule has 0 spiro atoms. The number of hydrogen-bond acceptors (Lipinski definition) is 3. The van der Waals surface area contributed by atoms with E-state index in [-0.39, 0.29) is 11.5 Å². The summed E-state index contributed by atoms with van der Waals surface area (Å²) in [4.78, 5) is 14.1. The molecule has 0 aliphatic carbocycles. The monoisotopic (exact) mass is 323 g/mol. The molecule has 1 rings (SSSR count). The molecule has 4 N–H and O–H groups in total. The normalized spacial score (nSPS) is 10.2. The zero-order valence-corrected chi connectivity index (χ0v) is 14.7. The lowest BCUT2D eigenvalue weighted by Gasteiger charge is -2.17. The van der Waals surface area contributed by atoms with E-state index < -0.39 is 6.03 Å². The van der Waals surface area contributed by atoms with Gasteiger partial charge in [-0.1, -0.05) is 13.8 Å². The number of nitrogens with zero attached hydrogens (tertiary/aromatic N) is 2. The summed E-state index contributed by atoms with van der Waals surface area (Å²) >= 11 is 0. The number of nitrogens with one attached hydrogen (secondary N) is 2. The van der Waals surface area contributed by atoms with Gasteiger partial charge in [0.2, 0.25) is 0 Å². The van der Waals surface area contributed by atoms with Crippen molar-refractivity contribution in [1.82, 2.24) is 10.2 Å². The van der Waals surface area contributed by atoms with Crippen molar-refractivity contribution in [2.45, 2.75) is 26.7 Å². The molecule has 7 heteroatoms. The van der Waals surface area contributed by atoms with Crippen LogP contribution >= 0.6 is 0 Å². The lowest BCUT2D eigenvalue weighted by atomic mass is 10.0. The lowest BCUT2D eigenvalue weighted by molar-refractivity contribution is -0.471. The zero-order chi connectivity index (χ0) is 17.7. The van der Waals surface area contributed by atoms with Crippen molar-refractivity contribution in [2.24, 2.45) is 0 Å². The number of rotatable bonds is 3. The number of guanidine groups is 1. The Balaban J connectivity index is 3.16. The van der Waals surface area contributed by atoms with Crippen LogP contribution < -0.4 is 10.6 Å². The molecule has 0 saturated carbocycles. The summed E-state index contributed by atoms with van der Waals surface area (Å²) in [5.41, 5.74) is 1.83. The van der Waals surface area contributed by atoms with Gasteiger partial charge < -0.3 is 10.2 Å². The number of amides is 2. The first-order valence-corrected chi connectivity index (χ1v) is 7.59. The molecule has 1 aromatic rings. The topological polar surface area (TPSA) is 87.8 Å². The molecule has 2 amide bonds. The van der Waals surface area contributed by atoms with Crippen LogP contribution in [0, 0.1) is 0 Å². The standard InChI is InChI=1S/C16H26N4O3/c1-7-10-9-12(21)14(22)11(8-2)13(10)17-15(23)18-16(19(3)4)20(5)6/h9H,7-8H2,1-6H3,(H3,17,21,22,23)/p+1. The second-order valence-electron chi connectivity index (χ2n) is 5.66. The minimum Gasteiger partial charge on any atom is -0.504 e. The first kappa shape index (κ1) is 18.6. The van der Waals surface area contributed by atoms with Crippen LogP contribution in [0.4, 0.5) is 10.5 Å². The Kier molecular flexibility index (Phi) is 6.24. The van der Waals surface area contributed by atoms with Gasteiger partial charge in [0.25, 0.3) is 0 Å². The molecule has 0 aliphatic heterocycles. The van der Waals surface area contributed by atoms with E-state index in [0.717, 1.165) is 5.56 Å². The van der Waals surface area contributed by atoms with Crippen molar-refractivity contribution >= 4 is 17.7 Å². The maximum atomic E-state index is 12.3. The number of carbonyl (C=O) groups excluding carboxylic acids is 1. The minimum absolute atomic E-state index is 0.168. The van der Waals surface area contributed by atoms with E-state index in [4.69, 9.17) is 0 Å². The average Bonchev–Trinajstić information content (AvgIpc) is 2.48. The van der Waals surface area contributed by atoms with Crippen molar-refractivity contribution < 1.29 is 19.6 Å². The van der Waals surface area contributed by atoms with Crippen molar-refractivity contribution in [3.05, 3.63) is 17.2 Å². The van der Waals surface area contributed by atoms with Crippen LogP contribution in [0.15, 0.2) is 6.07 Å². The molecule has 0 bridgehead atoms. The summed E-state index contributed by atoms with van der Waals surface area (Å²) in [6.07, 6.45) is 1.11. The molecule has 0 aromatic heterocycles. The number of carbonyl (C=O) groups is 1. The summed E-state index contributed by atoms with van der Waals surface area (Å²) in [6, 6.07) is 1.07. The molecule has 0 aliphatic rings. The van der Waals surface area contributed by atoms with Gasteiger partial charge in [-0.05, 0) is 24.5 Å². The Morgan fingerprint density at radius 3 is 2.26 bits per heavy atom. The quantitative estimate of drug-likeness (QED) is 0.223. The van der Waals surface area contributed by atoms with E-state index in [9.17, 15) is 15.0 Å².